The van der Waals surface area contributed by atoms with Crippen LogP contribution in [0, 0.1) is 12.8 Å². The summed E-state index contributed by atoms with van der Waals surface area (Å²) < 4.78 is 2.23. The lowest BCUT2D eigenvalue weighted by Gasteiger charge is -2.17. The summed E-state index contributed by atoms with van der Waals surface area (Å²) in [6, 6.07) is 61.4. The van der Waals surface area contributed by atoms with E-state index in [1.165, 1.54) is 11.1 Å². The number of benzene rings is 7. The predicted octanol–water partition coefficient (Wildman–Crippen LogP) is 13.6. The lowest BCUT2D eigenvalue weighted by atomic mass is 9.93. The van der Waals surface area contributed by atoms with Gasteiger partial charge in [0, 0.05) is 22.9 Å². The fraction of sp³-hybridized carbons (Fsp3) is 0.0943. The summed E-state index contributed by atoms with van der Waals surface area (Å²) in [5.41, 5.74) is 16.7. The highest BCUT2D eigenvalue weighted by molar-refractivity contribution is 5.98. The zero-order valence-electron chi connectivity index (χ0n) is 32.4. The molecule has 57 heavy (non-hydrogen) atoms. The number of pyridine rings is 1. The Morgan fingerprint density at radius 2 is 1.19 bits per heavy atom. The number of para-hydroxylation sites is 2. The van der Waals surface area contributed by atoms with Gasteiger partial charge in [0.15, 0.2) is 0 Å². The quantitative estimate of drug-likeness (QED) is 0.160. The van der Waals surface area contributed by atoms with Crippen molar-refractivity contribution in [1.29, 1.82) is 0 Å². The first-order valence-corrected chi connectivity index (χ1v) is 19.6. The molecule has 0 spiro atoms. The molecule has 0 aliphatic heterocycles. The standard InChI is InChI=1S/C53H43N3O/c1-35(2)29-37-23-26-49(47(30-37)40-15-8-5-9-16-40)56-50-19-12-18-45(52(50)55-53(56)46-17-10-11-20-51(46)57)43-31-42(38-13-6-4-7-14-38)32-44(33-43)48-34-41(27-28-54-48)39-24-21-36(3)22-25-39/h4-28,30-35,57H,29H2,1-3H3. The number of aromatic hydroxyl groups is 1. The second-order valence-corrected chi connectivity index (χ2v) is 15.2. The Hall–Kier alpha value is -7.04. The van der Waals surface area contributed by atoms with Crippen molar-refractivity contribution in [2.45, 2.75) is 27.2 Å². The lowest BCUT2D eigenvalue weighted by Crippen LogP contribution is -2.02. The maximum absolute atomic E-state index is 11.4. The minimum atomic E-state index is 0.182. The minimum Gasteiger partial charge on any atom is -0.507 e. The van der Waals surface area contributed by atoms with Crippen LogP contribution in [0.3, 0.4) is 0 Å². The normalized spacial score (nSPS) is 11.4. The SMILES string of the molecule is Cc1ccc(-c2ccnc(-c3cc(-c4ccccc4)cc(-c4cccc5c4nc(-c4ccccc4O)n5-c4ccc(CC(C)C)cc4-c4ccccc4)c3)c2)cc1. The maximum Gasteiger partial charge on any atom is 0.149 e. The van der Waals surface area contributed by atoms with E-state index in [2.05, 4.69) is 171 Å². The van der Waals surface area contributed by atoms with Crippen molar-refractivity contribution in [2.24, 2.45) is 5.92 Å². The monoisotopic (exact) mass is 737 g/mol. The molecule has 2 heterocycles. The minimum absolute atomic E-state index is 0.182. The molecule has 4 heteroatoms. The van der Waals surface area contributed by atoms with Gasteiger partial charge in [-0.15, -0.1) is 0 Å². The van der Waals surface area contributed by atoms with Gasteiger partial charge >= 0.3 is 0 Å². The van der Waals surface area contributed by atoms with Crippen LogP contribution in [-0.2, 0) is 6.42 Å². The van der Waals surface area contributed by atoms with Crippen molar-refractivity contribution in [1.82, 2.24) is 14.5 Å². The molecule has 276 valence electrons. The maximum atomic E-state index is 11.4. The van der Waals surface area contributed by atoms with E-state index in [1.54, 1.807) is 6.07 Å². The van der Waals surface area contributed by atoms with Crippen molar-refractivity contribution in [3.63, 3.8) is 0 Å². The molecule has 0 amide bonds. The predicted molar refractivity (Wildman–Crippen MR) is 236 cm³/mol. The molecule has 0 saturated heterocycles. The number of hydrogen-bond donors (Lipinski definition) is 1. The second kappa shape index (κ2) is 15.2. The van der Waals surface area contributed by atoms with E-state index in [0.717, 1.165) is 78.9 Å². The van der Waals surface area contributed by atoms with Crippen molar-refractivity contribution in [3.8, 4) is 78.6 Å². The number of aromatic nitrogens is 3. The third-order valence-corrected chi connectivity index (χ3v) is 10.7. The Labute approximate surface area is 334 Å². The number of rotatable bonds is 9. The van der Waals surface area contributed by atoms with Gasteiger partial charge in [0.05, 0.1) is 28.0 Å². The summed E-state index contributed by atoms with van der Waals surface area (Å²) in [5.74, 6) is 1.38. The Kier molecular flexibility index (Phi) is 9.53. The average Bonchev–Trinajstić information content (AvgIpc) is 3.64. The van der Waals surface area contributed by atoms with E-state index in [9.17, 15) is 5.11 Å². The molecule has 0 atom stereocenters. The lowest BCUT2D eigenvalue weighted by molar-refractivity contribution is 0.477. The van der Waals surface area contributed by atoms with Crippen LogP contribution in [-0.4, -0.2) is 19.6 Å². The van der Waals surface area contributed by atoms with Crippen LogP contribution in [0.4, 0.5) is 0 Å². The Morgan fingerprint density at radius 1 is 0.526 bits per heavy atom. The van der Waals surface area contributed by atoms with Gasteiger partial charge in [0.1, 0.15) is 11.6 Å². The molecule has 0 aliphatic rings. The molecule has 7 aromatic carbocycles. The molecule has 0 fully saturated rings. The zero-order valence-corrected chi connectivity index (χ0v) is 32.4. The first-order valence-electron chi connectivity index (χ1n) is 19.6. The number of phenols is 1. The van der Waals surface area contributed by atoms with Gasteiger partial charge in [0.25, 0.3) is 0 Å². The van der Waals surface area contributed by atoms with Crippen LogP contribution in [0.25, 0.3) is 83.9 Å². The summed E-state index contributed by atoms with van der Waals surface area (Å²) in [5, 5.41) is 11.4. The van der Waals surface area contributed by atoms with Crippen LogP contribution >= 0.6 is 0 Å². The van der Waals surface area contributed by atoms with Gasteiger partial charge < -0.3 is 5.11 Å². The molecule has 0 radical (unpaired) electrons. The van der Waals surface area contributed by atoms with Crippen molar-refractivity contribution >= 4 is 11.0 Å². The van der Waals surface area contributed by atoms with E-state index in [4.69, 9.17) is 9.97 Å². The Morgan fingerprint density at radius 3 is 1.95 bits per heavy atom. The molecule has 4 nitrogen and oxygen atoms in total. The van der Waals surface area contributed by atoms with E-state index in [1.807, 2.05) is 30.5 Å². The van der Waals surface area contributed by atoms with Crippen molar-refractivity contribution < 1.29 is 5.11 Å². The molecule has 1 N–H and O–H groups in total. The summed E-state index contributed by atoms with van der Waals surface area (Å²) in [6.45, 7) is 6.62. The summed E-state index contributed by atoms with van der Waals surface area (Å²) in [4.78, 5) is 10.4. The number of hydrogen-bond acceptors (Lipinski definition) is 3. The molecule has 0 aliphatic carbocycles. The van der Waals surface area contributed by atoms with Gasteiger partial charge in [-0.3, -0.25) is 9.55 Å². The van der Waals surface area contributed by atoms with Crippen LogP contribution < -0.4 is 0 Å². The van der Waals surface area contributed by atoms with Gasteiger partial charge in [-0.1, -0.05) is 135 Å². The molecule has 0 bridgehead atoms. The molecular formula is C53H43N3O. The van der Waals surface area contributed by atoms with Crippen LogP contribution in [0.2, 0.25) is 0 Å². The number of fused-ring (bicyclic) bond motifs is 1. The number of imidazole rings is 1. The highest BCUT2D eigenvalue weighted by Gasteiger charge is 2.22. The van der Waals surface area contributed by atoms with Crippen molar-refractivity contribution in [3.05, 3.63) is 193 Å². The summed E-state index contributed by atoms with van der Waals surface area (Å²) >= 11 is 0. The molecule has 0 unspecified atom stereocenters. The Bertz CT molecular complexity index is 2860. The topological polar surface area (TPSA) is 50.9 Å². The fourth-order valence-corrected chi connectivity index (χ4v) is 7.89. The second-order valence-electron chi connectivity index (χ2n) is 15.2. The zero-order chi connectivity index (χ0) is 38.9. The highest BCUT2D eigenvalue weighted by Crippen LogP contribution is 2.42. The first-order chi connectivity index (χ1) is 27.9. The highest BCUT2D eigenvalue weighted by atomic mass is 16.3. The first kappa shape index (κ1) is 35.6. The third kappa shape index (κ3) is 7.14. The molecule has 9 rings (SSSR count). The largest absolute Gasteiger partial charge is 0.507 e. The van der Waals surface area contributed by atoms with Crippen molar-refractivity contribution in [2.75, 3.05) is 0 Å². The fourth-order valence-electron chi connectivity index (χ4n) is 7.89. The smallest absolute Gasteiger partial charge is 0.149 e. The van der Waals surface area contributed by atoms with Gasteiger partial charge in [0.2, 0.25) is 0 Å². The van der Waals surface area contributed by atoms with Gasteiger partial charge in [-0.25, -0.2) is 4.98 Å². The average molecular weight is 738 g/mol. The van der Waals surface area contributed by atoms with Crippen LogP contribution in [0.15, 0.2) is 182 Å². The molecule has 2 aromatic heterocycles. The number of nitrogens with zero attached hydrogens (tertiary/aromatic N) is 3. The summed E-state index contributed by atoms with van der Waals surface area (Å²) in [6.07, 6.45) is 2.88. The van der Waals surface area contributed by atoms with E-state index < -0.39 is 0 Å². The number of aryl methyl sites for hydroxylation is 1. The summed E-state index contributed by atoms with van der Waals surface area (Å²) in [7, 11) is 0. The number of phenolic OH excluding ortho intramolecular Hbond substituents is 1. The molecular weight excluding hydrogens is 695 g/mol. The van der Waals surface area contributed by atoms with Crippen LogP contribution in [0.5, 0.6) is 5.75 Å². The molecule has 0 saturated carbocycles. The third-order valence-electron chi connectivity index (χ3n) is 10.7. The van der Waals surface area contributed by atoms with E-state index in [-0.39, 0.29) is 5.75 Å². The Balaban J connectivity index is 1.29. The van der Waals surface area contributed by atoms with E-state index >= 15 is 0 Å². The molecule has 9 aromatic rings. The van der Waals surface area contributed by atoms with Gasteiger partial charge in [-0.05, 0) is 119 Å². The van der Waals surface area contributed by atoms with Crippen LogP contribution in [0.1, 0.15) is 25.0 Å². The van der Waals surface area contributed by atoms with Gasteiger partial charge in [-0.2, -0.15) is 0 Å². The van der Waals surface area contributed by atoms with E-state index in [0.29, 0.717) is 17.3 Å².